The molecule has 0 radical (unpaired) electrons. The summed E-state index contributed by atoms with van der Waals surface area (Å²) in [6, 6.07) is 11.8. The molecule has 0 saturated heterocycles. The lowest BCUT2D eigenvalue weighted by Gasteiger charge is -2.31. The third-order valence-electron chi connectivity index (χ3n) is 8.42. The van der Waals surface area contributed by atoms with E-state index in [9.17, 15) is 9.59 Å². The van der Waals surface area contributed by atoms with E-state index < -0.39 is 0 Å². The Morgan fingerprint density at radius 3 is 1.28 bits per heavy atom. The second kappa shape index (κ2) is 14.5. The Morgan fingerprint density at radius 1 is 0.520 bits per heavy atom. The molecule has 2 aliphatic carbocycles. The number of hydrogen-bond acceptors (Lipinski definition) is 6. The highest BCUT2D eigenvalue weighted by molar-refractivity contribution is 9.11. The van der Waals surface area contributed by atoms with E-state index >= 15 is 0 Å². The van der Waals surface area contributed by atoms with E-state index in [0.29, 0.717) is 11.4 Å². The van der Waals surface area contributed by atoms with Crippen molar-refractivity contribution >= 4 is 54.8 Å². The van der Waals surface area contributed by atoms with Crippen LogP contribution in [0.4, 0.5) is 11.4 Å². The lowest BCUT2D eigenvalue weighted by molar-refractivity contribution is -0.114. The first-order valence-corrected chi connectivity index (χ1v) is 18.3. The molecule has 0 spiro atoms. The summed E-state index contributed by atoms with van der Waals surface area (Å²) < 4.78 is 1.66. The van der Waals surface area contributed by atoms with Crippen molar-refractivity contribution in [3.8, 4) is 11.1 Å². The molecule has 0 amide bonds. The summed E-state index contributed by atoms with van der Waals surface area (Å²) in [5, 5.41) is 17.7. The minimum atomic E-state index is -0.292. The van der Waals surface area contributed by atoms with Gasteiger partial charge in [-0.2, -0.15) is 15.3 Å². The normalized spacial score (nSPS) is 16.5. The fraction of sp³-hybridized carbons (Fsp3) is 0.381. The lowest BCUT2D eigenvalue weighted by Crippen LogP contribution is -2.27. The fourth-order valence-corrected chi connectivity index (χ4v) is 6.52. The minimum Gasteiger partial charge on any atom is -0.289 e. The maximum Gasteiger partial charge on any atom is 0.186 e. The molecular formula is C42H48Br2N4O2. The zero-order valence-corrected chi connectivity index (χ0v) is 34.5. The average Bonchev–Trinajstić information content (AvgIpc) is 2.98. The Labute approximate surface area is 314 Å². The van der Waals surface area contributed by atoms with E-state index in [4.69, 9.17) is 0 Å². The zero-order chi connectivity index (χ0) is 37.4. The molecular weight excluding hydrogens is 752 g/mol. The molecule has 0 fully saturated rings. The van der Waals surface area contributed by atoms with Crippen LogP contribution in [-0.2, 0) is 9.59 Å². The van der Waals surface area contributed by atoms with Crippen molar-refractivity contribution in [3.05, 3.63) is 115 Å². The van der Waals surface area contributed by atoms with Crippen LogP contribution < -0.4 is 0 Å². The van der Waals surface area contributed by atoms with Crippen LogP contribution in [0.3, 0.4) is 0 Å². The number of azo groups is 2. The molecule has 0 bridgehead atoms. The third kappa shape index (κ3) is 9.38. The monoisotopic (exact) mass is 798 g/mol. The van der Waals surface area contributed by atoms with Crippen molar-refractivity contribution < 1.29 is 9.59 Å². The van der Waals surface area contributed by atoms with Crippen LogP contribution in [-0.4, -0.2) is 11.6 Å². The molecule has 2 aromatic rings. The number of halogens is 2. The van der Waals surface area contributed by atoms with Gasteiger partial charge in [-0.1, -0.05) is 111 Å². The molecule has 8 heteroatoms. The van der Waals surface area contributed by atoms with Gasteiger partial charge in [-0.25, -0.2) is 0 Å². The van der Waals surface area contributed by atoms with E-state index in [0.717, 1.165) is 53.5 Å². The molecule has 50 heavy (non-hydrogen) atoms. The topological polar surface area (TPSA) is 83.6 Å². The Bertz CT molecular complexity index is 1890. The number of carbonyl (C=O) groups is 2. The number of allylic oxidation sites excluding steroid dienone is 10. The van der Waals surface area contributed by atoms with E-state index in [-0.39, 0.29) is 33.2 Å². The van der Waals surface area contributed by atoms with Crippen LogP contribution in [0, 0.1) is 21.7 Å². The highest BCUT2D eigenvalue weighted by Crippen LogP contribution is 2.41. The van der Waals surface area contributed by atoms with Crippen LogP contribution in [0.2, 0.25) is 0 Å². The summed E-state index contributed by atoms with van der Waals surface area (Å²) in [5.41, 5.74) is 6.99. The van der Waals surface area contributed by atoms with Gasteiger partial charge in [0.1, 0.15) is 5.69 Å². The minimum absolute atomic E-state index is 0.0900. The number of nitrogens with zero attached hydrogens (tertiary/aromatic N) is 4. The Hall–Kier alpha value is -3.62. The molecule has 0 unspecified atom stereocenters. The fourth-order valence-electron chi connectivity index (χ4n) is 5.54. The molecule has 2 aromatic carbocycles. The number of Topliss-reactive ketones (excluding diaryl/α,β-unsaturated/α-hetero) is 2. The number of ketones is 2. The SMILES string of the molecule is CC(C)(C)C1=CC(=C/N=N/c2ccc(-c3cc(Br)c(/N=N/C=C4C=C(C(C)(C)C)C(=O)C(C(C)(C)C)=C4)cc3Br)cc2)C=C(C(C)(C)C)C1=O. The molecule has 2 aliphatic rings. The lowest BCUT2D eigenvalue weighted by atomic mass is 9.72. The summed E-state index contributed by atoms with van der Waals surface area (Å²) in [6.45, 7) is 24.6. The Balaban J connectivity index is 1.55. The largest absolute Gasteiger partial charge is 0.289 e. The average molecular weight is 801 g/mol. The van der Waals surface area contributed by atoms with Crippen molar-refractivity contribution in [2.24, 2.45) is 42.1 Å². The predicted molar refractivity (Wildman–Crippen MR) is 213 cm³/mol. The highest BCUT2D eigenvalue weighted by atomic mass is 79.9. The molecule has 0 saturated carbocycles. The van der Waals surface area contributed by atoms with Crippen LogP contribution >= 0.6 is 31.9 Å². The summed E-state index contributed by atoms with van der Waals surface area (Å²) in [6.07, 6.45) is 11.1. The van der Waals surface area contributed by atoms with Crippen molar-refractivity contribution in [1.29, 1.82) is 0 Å². The highest BCUT2D eigenvalue weighted by Gasteiger charge is 2.35. The van der Waals surface area contributed by atoms with Crippen molar-refractivity contribution in [3.63, 3.8) is 0 Å². The van der Waals surface area contributed by atoms with Crippen molar-refractivity contribution in [2.45, 2.75) is 83.1 Å². The van der Waals surface area contributed by atoms with E-state index in [2.05, 4.69) is 135 Å². The van der Waals surface area contributed by atoms with Gasteiger partial charge in [-0.05, 0) is 108 Å². The van der Waals surface area contributed by atoms with E-state index in [1.54, 1.807) is 12.4 Å². The van der Waals surface area contributed by atoms with Crippen LogP contribution in [0.5, 0.6) is 0 Å². The molecule has 0 atom stereocenters. The summed E-state index contributed by atoms with van der Waals surface area (Å²) >= 11 is 7.39. The van der Waals surface area contributed by atoms with Gasteiger partial charge in [0.2, 0.25) is 0 Å². The van der Waals surface area contributed by atoms with Gasteiger partial charge >= 0.3 is 0 Å². The maximum atomic E-state index is 13.2. The maximum absolute atomic E-state index is 13.2. The van der Waals surface area contributed by atoms with Gasteiger partial charge in [-0.15, -0.1) is 5.11 Å². The Morgan fingerprint density at radius 2 is 0.900 bits per heavy atom. The second-order valence-corrected chi connectivity index (χ2v) is 18.6. The van der Waals surface area contributed by atoms with Crippen molar-refractivity contribution in [2.75, 3.05) is 0 Å². The smallest absolute Gasteiger partial charge is 0.186 e. The molecule has 6 nitrogen and oxygen atoms in total. The Kier molecular flexibility index (Phi) is 11.4. The predicted octanol–water partition coefficient (Wildman–Crippen LogP) is 13.9. The molecule has 0 aromatic heterocycles. The quantitative estimate of drug-likeness (QED) is 0.282. The molecule has 0 aliphatic heterocycles. The van der Waals surface area contributed by atoms with Gasteiger partial charge in [0.25, 0.3) is 0 Å². The van der Waals surface area contributed by atoms with Crippen LogP contribution in [0.1, 0.15) is 83.1 Å². The number of hydrogen-bond donors (Lipinski definition) is 0. The third-order valence-corrected chi connectivity index (χ3v) is 9.71. The van der Waals surface area contributed by atoms with Crippen LogP contribution in [0.15, 0.2) is 136 Å². The number of carbonyl (C=O) groups excluding carboxylic acids is 2. The molecule has 0 N–H and O–H groups in total. The molecule has 0 heterocycles. The summed E-state index contributed by atoms with van der Waals surface area (Å²) in [5.74, 6) is 0.186. The first kappa shape index (κ1) is 39.2. The first-order valence-electron chi connectivity index (χ1n) is 16.8. The van der Waals surface area contributed by atoms with E-state index in [1.807, 2.05) is 60.7 Å². The summed E-state index contributed by atoms with van der Waals surface area (Å²) in [7, 11) is 0. The van der Waals surface area contributed by atoms with Gasteiger partial charge in [0.05, 0.1) is 18.1 Å². The van der Waals surface area contributed by atoms with E-state index in [1.165, 1.54) is 0 Å². The molecule has 262 valence electrons. The van der Waals surface area contributed by atoms with Gasteiger partial charge in [0.15, 0.2) is 11.6 Å². The molecule has 4 rings (SSSR count). The standard InChI is InChI=1S/C42H48Br2N4O2/c1-39(2,3)30-17-25(18-31(37(30)49)40(4,5)6)23-45-47-28-15-13-27(14-16-28)29-21-35(44)36(22-34(29)43)48-46-24-26-19-32(41(7,8)9)38(50)33(20-26)42(10,11)12/h13-24H,1-12H3/b47-45+,48-46+. The van der Waals surface area contributed by atoms with Crippen molar-refractivity contribution in [1.82, 2.24) is 0 Å². The summed E-state index contributed by atoms with van der Waals surface area (Å²) in [4.78, 5) is 26.5. The van der Waals surface area contributed by atoms with Gasteiger partial charge < -0.3 is 0 Å². The van der Waals surface area contributed by atoms with Crippen LogP contribution in [0.25, 0.3) is 11.1 Å². The zero-order valence-electron chi connectivity index (χ0n) is 31.3. The number of rotatable bonds is 5. The first-order chi connectivity index (χ1) is 23.0. The second-order valence-electron chi connectivity index (χ2n) is 16.9. The van der Waals surface area contributed by atoms with Gasteiger partial charge in [0, 0.05) is 31.2 Å². The number of benzene rings is 2. The van der Waals surface area contributed by atoms with Gasteiger partial charge in [-0.3, -0.25) is 9.59 Å².